The predicted octanol–water partition coefficient (Wildman–Crippen LogP) is 5.09. The van der Waals surface area contributed by atoms with Crippen molar-refractivity contribution in [2.24, 2.45) is 0 Å². The van der Waals surface area contributed by atoms with Crippen molar-refractivity contribution in [3.63, 3.8) is 0 Å². The molecule has 0 radical (unpaired) electrons. The summed E-state index contributed by atoms with van der Waals surface area (Å²) in [5, 5.41) is 9.06. The third kappa shape index (κ3) is 5.39. The molecule has 0 saturated heterocycles. The molecule has 1 aromatic heterocycles. The summed E-state index contributed by atoms with van der Waals surface area (Å²) in [5.74, 6) is -0.697. The van der Waals surface area contributed by atoms with E-state index < -0.39 is 18.6 Å². The summed E-state index contributed by atoms with van der Waals surface area (Å²) in [4.78, 5) is 25.1. The fourth-order valence-corrected chi connectivity index (χ4v) is 3.33. The van der Waals surface area contributed by atoms with E-state index in [1.807, 2.05) is 0 Å². The van der Waals surface area contributed by atoms with Gasteiger partial charge in [-0.3, -0.25) is 9.59 Å². The molecule has 3 rings (SSSR count). The van der Waals surface area contributed by atoms with Crippen LogP contribution in [0.1, 0.15) is 39.2 Å². The zero-order chi connectivity index (χ0) is 20.8. The molecule has 2 N–H and O–H groups in total. The second-order valence-electron chi connectivity index (χ2n) is 6.16. The molecule has 0 fully saturated rings. The van der Waals surface area contributed by atoms with Gasteiger partial charge in [-0.2, -0.15) is 20.1 Å². The zero-order valence-corrected chi connectivity index (χ0v) is 16.2. The number of hydrogen-bond acceptors (Lipinski definition) is 4. The lowest BCUT2D eigenvalue weighted by Crippen LogP contribution is -2.28. The van der Waals surface area contributed by atoms with Gasteiger partial charge >= 0.3 is 6.61 Å². The number of nitrogens with one attached hydrogen (secondary N) is 2. The molecule has 0 bridgehead atoms. The monoisotopic (exact) mass is 416 g/mol. The normalized spacial score (nSPS) is 11.7. The Kier molecular flexibility index (Phi) is 6.56. The fourth-order valence-electron chi connectivity index (χ4n) is 2.70. The van der Waals surface area contributed by atoms with Crippen LogP contribution >= 0.6 is 11.3 Å². The average Bonchev–Trinajstić information content (AvgIpc) is 3.23. The van der Waals surface area contributed by atoms with Crippen molar-refractivity contribution < 1.29 is 23.1 Å². The van der Waals surface area contributed by atoms with Crippen LogP contribution in [0.15, 0.2) is 65.4 Å². The molecule has 0 saturated carbocycles. The molecular weight excluding hydrogens is 398 g/mol. The Bertz CT molecular complexity index is 993. The molecule has 8 heteroatoms. The van der Waals surface area contributed by atoms with Gasteiger partial charge in [0.15, 0.2) is 0 Å². The molecule has 2 amide bonds. The van der Waals surface area contributed by atoms with Crippen LogP contribution in [0.2, 0.25) is 0 Å². The molecule has 150 valence electrons. The van der Waals surface area contributed by atoms with Crippen LogP contribution in [0.4, 0.5) is 14.5 Å². The van der Waals surface area contributed by atoms with Crippen molar-refractivity contribution in [3.8, 4) is 5.75 Å². The second kappa shape index (κ2) is 9.29. The van der Waals surface area contributed by atoms with E-state index in [1.165, 1.54) is 23.5 Å². The molecule has 1 heterocycles. The number of ether oxygens (including phenoxy) is 1. The zero-order valence-electron chi connectivity index (χ0n) is 15.4. The highest BCUT2D eigenvalue weighted by Crippen LogP contribution is 2.22. The van der Waals surface area contributed by atoms with Crippen LogP contribution in [-0.2, 0) is 0 Å². The Morgan fingerprint density at radius 1 is 1.03 bits per heavy atom. The maximum Gasteiger partial charge on any atom is 0.387 e. The lowest BCUT2D eigenvalue weighted by Gasteiger charge is -2.17. The van der Waals surface area contributed by atoms with E-state index in [2.05, 4.69) is 15.4 Å². The van der Waals surface area contributed by atoms with Crippen LogP contribution in [0.5, 0.6) is 5.75 Å². The first kappa shape index (κ1) is 20.5. The van der Waals surface area contributed by atoms with Gasteiger partial charge in [0.2, 0.25) is 0 Å². The average molecular weight is 416 g/mol. The van der Waals surface area contributed by atoms with Crippen molar-refractivity contribution in [1.29, 1.82) is 0 Å². The fraction of sp³-hybridized carbons (Fsp3) is 0.143. The summed E-state index contributed by atoms with van der Waals surface area (Å²) in [7, 11) is 0. The van der Waals surface area contributed by atoms with Gasteiger partial charge in [0.1, 0.15) is 5.75 Å². The topological polar surface area (TPSA) is 67.4 Å². The van der Waals surface area contributed by atoms with E-state index >= 15 is 0 Å². The van der Waals surface area contributed by atoms with Crippen molar-refractivity contribution >= 4 is 28.8 Å². The third-order valence-corrected chi connectivity index (χ3v) is 4.82. The summed E-state index contributed by atoms with van der Waals surface area (Å²) in [6.07, 6.45) is 0. The minimum Gasteiger partial charge on any atom is -0.435 e. The molecule has 5 nitrogen and oxygen atoms in total. The van der Waals surface area contributed by atoms with Crippen LogP contribution in [-0.4, -0.2) is 18.4 Å². The molecule has 0 aliphatic heterocycles. The first-order valence-electron chi connectivity index (χ1n) is 8.72. The number of alkyl halides is 2. The van der Waals surface area contributed by atoms with Crippen molar-refractivity contribution in [1.82, 2.24) is 5.32 Å². The predicted molar refractivity (Wildman–Crippen MR) is 108 cm³/mol. The van der Waals surface area contributed by atoms with Gasteiger partial charge in [-0.25, -0.2) is 0 Å². The number of para-hydroxylation sites is 1. The van der Waals surface area contributed by atoms with E-state index in [1.54, 1.807) is 60.1 Å². The van der Waals surface area contributed by atoms with Gasteiger partial charge < -0.3 is 15.4 Å². The number of rotatable bonds is 7. The largest absolute Gasteiger partial charge is 0.435 e. The van der Waals surface area contributed by atoms with Gasteiger partial charge in [-0.05, 0) is 48.2 Å². The number of anilines is 1. The number of benzene rings is 2. The summed E-state index contributed by atoms with van der Waals surface area (Å²) < 4.78 is 29.2. The summed E-state index contributed by atoms with van der Waals surface area (Å²) in [6.45, 7) is -1.19. The molecule has 0 aliphatic carbocycles. The first-order valence-corrected chi connectivity index (χ1v) is 9.66. The SMILES string of the molecule is CC(NC(=O)c1ccccc1NC(=O)c1ccsc1)c1cccc(OC(F)F)c1. The standard InChI is InChI=1S/C21H18F2N2O3S/c1-13(14-5-4-6-16(11-14)28-21(22)23)24-20(27)17-7-2-3-8-18(17)25-19(26)15-9-10-29-12-15/h2-13,21H,1H3,(H,24,27)(H,25,26). The smallest absolute Gasteiger partial charge is 0.387 e. The van der Waals surface area contributed by atoms with E-state index in [0.29, 0.717) is 22.4 Å². The van der Waals surface area contributed by atoms with Crippen LogP contribution in [0.25, 0.3) is 0 Å². The molecule has 0 aliphatic rings. The van der Waals surface area contributed by atoms with E-state index in [4.69, 9.17) is 0 Å². The molecule has 1 unspecified atom stereocenters. The van der Waals surface area contributed by atoms with Gasteiger partial charge in [-0.15, -0.1) is 0 Å². The minimum absolute atomic E-state index is 0.0158. The molecular formula is C21H18F2N2O3S. The summed E-state index contributed by atoms with van der Waals surface area (Å²) in [5.41, 5.74) is 1.79. The van der Waals surface area contributed by atoms with Crippen LogP contribution < -0.4 is 15.4 Å². The van der Waals surface area contributed by atoms with Crippen molar-refractivity contribution in [2.75, 3.05) is 5.32 Å². The number of hydrogen-bond donors (Lipinski definition) is 2. The quantitative estimate of drug-likeness (QED) is 0.564. The van der Waals surface area contributed by atoms with E-state index in [0.717, 1.165) is 0 Å². The summed E-state index contributed by atoms with van der Waals surface area (Å²) >= 11 is 1.40. The third-order valence-electron chi connectivity index (χ3n) is 4.13. The Balaban J connectivity index is 1.73. The molecule has 2 aromatic carbocycles. The van der Waals surface area contributed by atoms with Gasteiger partial charge in [0.05, 0.1) is 22.9 Å². The van der Waals surface area contributed by atoms with E-state index in [9.17, 15) is 18.4 Å². The molecule has 0 spiro atoms. The Morgan fingerprint density at radius 3 is 2.55 bits per heavy atom. The minimum atomic E-state index is -2.92. The lowest BCUT2D eigenvalue weighted by molar-refractivity contribution is -0.0499. The first-order chi connectivity index (χ1) is 13.9. The summed E-state index contributed by atoms with van der Waals surface area (Å²) in [6, 6.07) is 14.0. The van der Waals surface area contributed by atoms with E-state index in [-0.39, 0.29) is 11.7 Å². The van der Waals surface area contributed by atoms with Gasteiger partial charge in [-0.1, -0.05) is 24.3 Å². The van der Waals surface area contributed by atoms with Crippen molar-refractivity contribution in [3.05, 3.63) is 82.0 Å². The maximum absolute atomic E-state index is 12.8. The highest BCUT2D eigenvalue weighted by atomic mass is 32.1. The van der Waals surface area contributed by atoms with Gasteiger partial charge in [0.25, 0.3) is 11.8 Å². The Hall–Kier alpha value is -3.26. The maximum atomic E-state index is 12.8. The van der Waals surface area contributed by atoms with Crippen molar-refractivity contribution in [2.45, 2.75) is 19.6 Å². The van der Waals surface area contributed by atoms with Crippen LogP contribution in [0, 0.1) is 0 Å². The Labute approximate surface area is 170 Å². The van der Waals surface area contributed by atoms with Gasteiger partial charge in [0, 0.05) is 5.38 Å². The highest BCUT2D eigenvalue weighted by molar-refractivity contribution is 7.08. The lowest BCUT2D eigenvalue weighted by atomic mass is 10.1. The Morgan fingerprint density at radius 2 is 1.83 bits per heavy atom. The van der Waals surface area contributed by atoms with Crippen LogP contribution in [0.3, 0.4) is 0 Å². The number of carbonyl (C=O) groups is 2. The highest BCUT2D eigenvalue weighted by Gasteiger charge is 2.17. The number of carbonyl (C=O) groups excluding carboxylic acids is 2. The number of thiophene rings is 1. The molecule has 3 aromatic rings. The number of amides is 2. The molecule has 1 atom stereocenters. The second-order valence-corrected chi connectivity index (χ2v) is 6.94. The number of halogens is 2. The molecule has 29 heavy (non-hydrogen) atoms.